The van der Waals surface area contributed by atoms with Crippen molar-refractivity contribution in [2.75, 3.05) is 19.4 Å². The highest BCUT2D eigenvalue weighted by Crippen LogP contribution is 2.39. The van der Waals surface area contributed by atoms with E-state index >= 15 is 0 Å². The molecule has 0 unspecified atom stereocenters. The van der Waals surface area contributed by atoms with Gasteiger partial charge in [0.2, 0.25) is 5.91 Å². The molecule has 1 fully saturated rings. The average Bonchev–Trinajstić information content (AvgIpc) is 3.16. The van der Waals surface area contributed by atoms with E-state index in [0.717, 1.165) is 41.7 Å². The molecule has 7 heteroatoms. The van der Waals surface area contributed by atoms with E-state index in [0.29, 0.717) is 23.6 Å². The van der Waals surface area contributed by atoms with Gasteiger partial charge in [0.15, 0.2) is 11.0 Å². The van der Waals surface area contributed by atoms with Crippen LogP contribution in [0.1, 0.15) is 58.9 Å². The number of rotatable bonds is 9. The molecule has 0 bridgehead atoms. The first kappa shape index (κ1) is 22.7. The molecule has 0 radical (unpaired) electrons. The van der Waals surface area contributed by atoms with Crippen molar-refractivity contribution < 1.29 is 9.53 Å². The highest BCUT2D eigenvalue weighted by Gasteiger charge is 2.28. The molecule has 1 N–H and O–H groups in total. The van der Waals surface area contributed by atoms with Gasteiger partial charge in [0, 0.05) is 18.2 Å². The maximum atomic E-state index is 12.3. The number of hydrogen-bond donors (Lipinski definition) is 1. The number of benzene rings is 1. The van der Waals surface area contributed by atoms with Crippen molar-refractivity contribution in [3.63, 3.8) is 0 Å². The lowest BCUT2D eigenvalue weighted by Gasteiger charge is -2.31. The second kappa shape index (κ2) is 10.8. The van der Waals surface area contributed by atoms with E-state index in [2.05, 4.69) is 40.9 Å². The third-order valence-electron chi connectivity index (χ3n) is 5.79. The molecule has 1 aromatic heterocycles. The lowest BCUT2D eigenvalue weighted by atomic mass is 9.85. The summed E-state index contributed by atoms with van der Waals surface area (Å²) >= 11 is 1.49. The molecule has 1 saturated carbocycles. The quantitative estimate of drug-likeness (QED) is 0.570. The number of carbonyl (C=O) groups excluding carboxylic acids is 1. The van der Waals surface area contributed by atoms with Crippen LogP contribution in [0, 0.1) is 11.8 Å². The number of hydrogen-bond acceptors (Lipinski definition) is 5. The average molecular weight is 431 g/mol. The third-order valence-corrected chi connectivity index (χ3v) is 6.73. The van der Waals surface area contributed by atoms with Crippen LogP contribution in [0.3, 0.4) is 0 Å². The van der Waals surface area contributed by atoms with Gasteiger partial charge in [0.05, 0.1) is 12.9 Å². The predicted molar refractivity (Wildman–Crippen MR) is 122 cm³/mol. The summed E-state index contributed by atoms with van der Waals surface area (Å²) in [5.41, 5.74) is 1.02. The Hall–Kier alpha value is -2.02. The number of nitrogens with zero attached hydrogens (tertiary/aromatic N) is 3. The number of ether oxygens (including phenoxy) is 1. The van der Waals surface area contributed by atoms with Gasteiger partial charge in [-0.1, -0.05) is 45.4 Å². The summed E-state index contributed by atoms with van der Waals surface area (Å²) in [5, 5.41) is 12.9. The summed E-state index contributed by atoms with van der Waals surface area (Å²) in [6.07, 6.45) is 5.82. The first-order valence-electron chi connectivity index (χ1n) is 11.0. The van der Waals surface area contributed by atoms with Crippen molar-refractivity contribution in [1.29, 1.82) is 0 Å². The van der Waals surface area contributed by atoms with E-state index < -0.39 is 0 Å². The van der Waals surface area contributed by atoms with Crippen LogP contribution >= 0.6 is 11.8 Å². The van der Waals surface area contributed by atoms with Crippen LogP contribution in [0.2, 0.25) is 0 Å². The van der Waals surface area contributed by atoms with E-state index in [1.54, 1.807) is 7.11 Å². The molecular formula is C23H34N4O2S. The molecule has 2 atom stereocenters. The van der Waals surface area contributed by atoms with Gasteiger partial charge in [0.1, 0.15) is 5.75 Å². The Kier molecular flexibility index (Phi) is 8.19. The zero-order chi connectivity index (χ0) is 21.5. The van der Waals surface area contributed by atoms with E-state index in [1.165, 1.54) is 31.0 Å². The molecule has 1 heterocycles. The van der Waals surface area contributed by atoms with Crippen LogP contribution in [0.25, 0.3) is 11.4 Å². The van der Waals surface area contributed by atoms with Crippen molar-refractivity contribution in [2.45, 2.75) is 64.1 Å². The maximum absolute atomic E-state index is 12.3. The Morgan fingerprint density at radius 1 is 1.23 bits per heavy atom. The van der Waals surface area contributed by atoms with Crippen molar-refractivity contribution >= 4 is 17.7 Å². The van der Waals surface area contributed by atoms with Gasteiger partial charge >= 0.3 is 0 Å². The molecular weight excluding hydrogens is 396 g/mol. The molecule has 1 aliphatic carbocycles. The van der Waals surface area contributed by atoms with Crippen LogP contribution in [-0.2, 0) is 4.79 Å². The minimum absolute atomic E-state index is 0.0536. The molecule has 0 spiro atoms. The molecule has 2 aromatic rings. The zero-order valence-electron chi connectivity index (χ0n) is 18.6. The first-order chi connectivity index (χ1) is 14.5. The minimum Gasteiger partial charge on any atom is -0.497 e. The predicted octanol–water partition coefficient (Wildman–Crippen LogP) is 4.96. The monoisotopic (exact) mass is 430 g/mol. The second-order valence-corrected chi connectivity index (χ2v) is 9.50. The number of methoxy groups -OCH3 is 1. The van der Waals surface area contributed by atoms with E-state index in [-0.39, 0.29) is 5.91 Å². The van der Waals surface area contributed by atoms with Crippen molar-refractivity contribution in [3.8, 4) is 17.1 Å². The fourth-order valence-corrected chi connectivity index (χ4v) is 4.79. The fraction of sp³-hybridized carbons (Fsp3) is 0.609. The Bertz CT molecular complexity index is 819. The van der Waals surface area contributed by atoms with Crippen molar-refractivity contribution in [1.82, 2.24) is 20.1 Å². The van der Waals surface area contributed by atoms with Crippen molar-refractivity contribution in [2.24, 2.45) is 11.8 Å². The minimum atomic E-state index is 0.0536. The molecule has 6 nitrogen and oxygen atoms in total. The summed E-state index contributed by atoms with van der Waals surface area (Å²) in [7, 11) is 1.67. The highest BCUT2D eigenvalue weighted by molar-refractivity contribution is 7.99. The van der Waals surface area contributed by atoms with Crippen LogP contribution in [-0.4, -0.2) is 40.1 Å². The number of amides is 1. The largest absolute Gasteiger partial charge is 0.497 e. The van der Waals surface area contributed by atoms with Gasteiger partial charge in [0.25, 0.3) is 0 Å². The maximum Gasteiger partial charge on any atom is 0.230 e. The lowest BCUT2D eigenvalue weighted by Crippen LogP contribution is -2.27. The SMILES string of the molecule is COc1ccc(-c2nnc(SCC(=O)NCCC(C)C)n2[C@@H]2CCCC[C@@H]2C)cc1. The number of thioether (sulfide) groups is 1. The van der Waals surface area contributed by atoms with Gasteiger partial charge in [-0.25, -0.2) is 0 Å². The second-order valence-electron chi connectivity index (χ2n) is 8.55. The van der Waals surface area contributed by atoms with Crippen LogP contribution < -0.4 is 10.1 Å². The summed E-state index contributed by atoms with van der Waals surface area (Å²) in [6, 6.07) is 8.32. The van der Waals surface area contributed by atoms with Gasteiger partial charge in [-0.3, -0.25) is 9.36 Å². The fourth-order valence-electron chi connectivity index (χ4n) is 3.97. The Balaban J connectivity index is 1.80. The molecule has 1 aromatic carbocycles. The Labute approximate surface area is 184 Å². The van der Waals surface area contributed by atoms with Crippen LogP contribution in [0.5, 0.6) is 5.75 Å². The summed E-state index contributed by atoms with van der Waals surface area (Å²) in [4.78, 5) is 12.3. The molecule has 3 rings (SSSR count). The first-order valence-corrected chi connectivity index (χ1v) is 12.0. The van der Waals surface area contributed by atoms with E-state index in [1.807, 2.05) is 24.3 Å². The lowest BCUT2D eigenvalue weighted by molar-refractivity contribution is -0.118. The normalized spacial score (nSPS) is 19.1. The number of carbonyl (C=O) groups is 1. The van der Waals surface area contributed by atoms with E-state index in [9.17, 15) is 4.79 Å². The van der Waals surface area contributed by atoms with E-state index in [4.69, 9.17) is 4.74 Å². The number of nitrogens with one attached hydrogen (secondary N) is 1. The van der Waals surface area contributed by atoms with Crippen LogP contribution in [0.4, 0.5) is 0 Å². The molecule has 164 valence electrons. The highest BCUT2D eigenvalue weighted by atomic mass is 32.2. The summed E-state index contributed by atoms with van der Waals surface area (Å²) < 4.78 is 7.57. The third kappa shape index (κ3) is 5.78. The Morgan fingerprint density at radius 3 is 2.63 bits per heavy atom. The zero-order valence-corrected chi connectivity index (χ0v) is 19.4. The summed E-state index contributed by atoms with van der Waals surface area (Å²) in [5.74, 6) is 3.26. The van der Waals surface area contributed by atoms with Gasteiger partial charge in [-0.2, -0.15) is 0 Å². The van der Waals surface area contributed by atoms with Gasteiger partial charge in [-0.05, 0) is 55.4 Å². The van der Waals surface area contributed by atoms with Gasteiger partial charge in [-0.15, -0.1) is 10.2 Å². The van der Waals surface area contributed by atoms with Crippen LogP contribution in [0.15, 0.2) is 29.4 Å². The molecule has 0 aliphatic heterocycles. The molecule has 30 heavy (non-hydrogen) atoms. The summed E-state index contributed by atoms with van der Waals surface area (Å²) in [6.45, 7) is 7.36. The molecule has 1 aliphatic rings. The smallest absolute Gasteiger partial charge is 0.230 e. The molecule has 0 saturated heterocycles. The van der Waals surface area contributed by atoms with Crippen molar-refractivity contribution in [3.05, 3.63) is 24.3 Å². The topological polar surface area (TPSA) is 69.0 Å². The number of aromatic nitrogens is 3. The Morgan fingerprint density at radius 2 is 1.97 bits per heavy atom. The molecule has 1 amide bonds. The standard InChI is InChI=1S/C23H34N4O2S/c1-16(2)13-14-24-21(28)15-30-23-26-25-22(18-9-11-19(29-4)12-10-18)27(23)20-8-6-5-7-17(20)3/h9-12,16-17,20H,5-8,13-15H2,1-4H3,(H,24,28)/t17-,20+/m0/s1. The van der Waals surface area contributed by atoms with Gasteiger partial charge < -0.3 is 10.1 Å².